The van der Waals surface area contributed by atoms with Crippen molar-refractivity contribution in [3.05, 3.63) is 35.6 Å². The molecule has 1 aromatic rings. The van der Waals surface area contributed by atoms with Crippen LogP contribution in [0, 0.1) is 11.7 Å². The van der Waals surface area contributed by atoms with Crippen molar-refractivity contribution in [3.8, 4) is 0 Å². The number of halogens is 1. The smallest absolute Gasteiger partial charge is 0.244 e. The summed E-state index contributed by atoms with van der Waals surface area (Å²) in [5, 5.41) is 0. The topological polar surface area (TPSA) is 47.6 Å². The van der Waals surface area contributed by atoms with Crippen LogP contribution in [0.5, 0.6) is 0 Å². The van der Waals surface area contributed by atoms with E-state index in [2.05, 4.69) is 24.7 Å². The van der Waals surface area contributed by atoms with E-state index in [1.54, 1.807) is 17.0 Å². The van der Waals surface area contributed by atoms with Gasteiger partial charge in [-0.2, -0.15) is 0 Å². The fourth-order valence-electron chi connectivity index (χ4n) is 3.41. The van der Waals surface area contributed by atoms with Crippen LogP contribution in [0.4, 0.5) is 4.39 Å². The van der Waals surface area contributed by atoms with Crippen molar-refractivity contribution in [2.24, 2.45) is 5.92 Å². The Kier molecular flexibility index (Phi) is 6.32. The van der Waals surface area contributed by atoms with Gasteiger partial charge in [0.25, 0.3) is 0 Å². The molecule has 134 valence electrons. The summed E-state index contributed by atoms with van der Waals surface area (Å²) >= 11 is 0. The monoisotopic (exact) mass is 336 g/mol. The Morgan fingerprint density at radius 2 is 1.83 bits per heavy atom. The van der Waals surface area contributed by atoms with Crippen molar-refractivity contribution < 1.29 is 9.18 Å². The van der Waals surface area contributed by atoms with Gasteiger partial charge in [0, 0.05) is 25.7 Å². The van der Waals surface area contributed by atoms with Crippen molar-refractivity contribution in [2.45, 2.75) is 38.4 Å². The second kappa shape index (κ2) is 8.05. The Labute approximate surface area is 144 Å². The van der Waals surface area contributed by atoms with Crippen LogP contribution in [0.15, 0.2) is 24.3 Å². The second-order valence-electron chi connectivity index (χ2n) is 7.00. The lowest BCUT2D eigenvalue weighted by Gasteiger charge is -2.30. The number of likely N-dealkylation sites (N-methyl/N-ethyl adjacent to an activating group) is 2. The Balaban J connectivity index is 2.04. The van der Waals surface area contributed by atoms with E-state index in [0.717, 1.165) is 6.42 Å². The zero-order valence-corrected chi connectivity index (χ0v) is 15.2. The summed E-state index contributed by atoms with van der Waals surface area (Å²) in [7, 11) is 5.51. The zero-order valence-electron chi connectivity index (χ0n) is 15.2. The molecule has 1 aromatic carbocycles. The first kappa shape index (κ1) is 18.8. The molecule has 3 atom stereocenters. The summed E-state index contributed by atoms with van der Waals surface area (Å²) in [6, 6.07) is 6.58. The quantitative estimate of drug-likeness (QED) is 0.831. The molecular weight excluding hydrogens is 307 g/mol. The highest BCUT2D eigenvalue weighted by Gasteiger charge is 2.31. The fourth-order valence-corrected chi connectivity index (χ4v) is 3.41. The number of amides is 1. The van der Waals surface area contributed by atoms with Gasteiger partial charge in [-0.1, -0.05) is 12.1 Å². The molecular formula is C18H29FN4O. The van der Waals surface area contributed by atoms with Crippen LogP contribution in [-0.4, -0.2) is 55.5 Å². The predicted molar refractivity (Wildman–Crippen MR) is 93.8 cm³/mol. The van der Waals surface area contributed by atoms with E-state index in [1.165, 1.54) is 12.1 Å². The number of benzene rings is 1. The fraction of sp³-hybridized carbons (Fsp3) is 0.611. The molecule has 6 heteroatoms. The SMILES string of the molecule is CC1NNC(C)C1CCN(C)C(=O)C(c1cccc(F)c1)N(C)C. The van der Waals surface area contributed by atoms with E-state index < -0.39 is 6.04 Å². The van der Waals surface area contributed by atoms with Crippen molar-refractivity contribution in [2.75, 3.05) is 27.7 Å². The molecule has 24 heavy (non-hydrogen) atoms. The van der Waals surface area contributed by atoms with E-state index in [-0.39, 0.29) is 11.7 Å². The van der Waals surface area contributed by atoms with Gasteiger partial charge < -0.3 is 4.90 Å². The summed E-state index contributed by atoms with van der Waals surface area (Å²) in [4.78, 5) is 16.5. The number of carbonyl (C=O) groups excluding carboxylic acids is 1. The Morgan fingerprint density at radius 3 is 2.38 bits per heavy atom. The molecule has 0 aliphatic carbocycles. The van der Waals surface area contributed by atoms with Gasteiger partial charge in [0.05, 0.1) is 0 Å². The highest BCUT2D eigenvalue weighted by Crippen LogP contribution is 2.23. The Morgan fingerprint density at radius 1 is 1.21 bits per heavy atom. The Hall–Kier alpha value is -1.50. The van der Waals surface area contributed by atoms with Crippen molar-refractivity contribution in [1.29, 1.82) is 0 Å². The number of nitrogens with zero attached hydrogens (tertiary/aromatic N) is 2. The summed E-state index contributed by atoms with van der Waals surface area (Å²) < 4.78 is 13.5. The number of hydrogen-bond acceptors (Lipinski definition) is 4. The second-order valence-corrected chi connectivity index (χ2v) is 7.00. The number of nitrogens with one attached hydrogen (secondary N) is 2. The molecule has 3 unspecified atom stereocenters. The molecule has 1 amide bonds. The summed E-state index contributed by atoms with van der Waals surface area (Å²) in [6.45, 7) is 4.98. The van der Waals surface area contributed by atoms with Crippen LogP contribution in [0.1, 0.15) is 31.9 Å². The van der Waals surface area contributed by atoms with Gasteiger partial charge in [0.2, 0.25) is 5.91 Å². The molecule has 0 radical (unpaired) electrons. The average Bonchev–Trinajstić information content (AvgIpc) is 2.83. The molecule has 2 rings (SSSR count). The normalized spacial score (nSPS) is 25.0. The minimum absolute atomic E-state index is 0.00942. The molecule has 0 saturated carbocycles. The largest absolute Gasteiger partial charge is 0.344 e. The maximum Gasteiger partial charge on any atom is 0.244 e. The van der Waals surface area contributed by atoms with Gasteiger partial charge in [0.1, 0.15) is 11.9 Å². The molecule has 1 aliphatic heterocycles. The number of rotatable bonds is 6. The van der Waals surface area contributed by atoms with Crippen LogP contribution in [0.25, 0.3) is 0 Å². The molecule has 5 nitrogen and oxygen atoms in total. The average molecular weight is 336 g/mol. The van der Waals surface area contributed by atoms with Crippen LogP contribution in [0.3, 0.4) is 0 Å². The first-order valence-corrected chi connectivity index (χ1v) is 8.49. The number of hydrogen-bond donors (Lipinski definition) is 2. The van der Waals surface area contributed by atoms with Gasteiger partial charge in [-0.3, -0.25) is 20.5 Å². The van der Waals surface area contributed by atoms with Crippen LogP contribution in [0.2, 0.25) is 0 Å². The first-order valence-electron chi connectivity index (χ1n) is 8.49. The molecule has 1 aliphatic rings. The molecule has 0 spiro atoms. The van der Waals surface area contributed by atoms with Gasteiger partial charge >= 0.3 is 0 Å². The maximum absolute atomic E-state index is 13.5. The van der Waals surface area contributed by atoms with Gasteiger partial charge in [-0.15, -0.1) is 0 Å². The van der Waals surface area contributed by atoms with Crippen LogP contribution in [-0.2, 0) is 4.79 Å². The molecule has 0 bridgehead atoms. The van der Waals surface area contributed by atoms with E-state index in [9.17, 15) is 9.18 Å². The van der Waals surface area contributed by atoms with E-state index in [0.29, 0.717) is 30.1 Å². The third-order valence-corrected chi connectivity index (χ3v) is 4.91. The van der Waals surface area contributed by atoms with Crippen molar-refractivity contribution in [1.82, 2.24) is 20.7 Å². The van der Waals surface area contributed by atoms with Crippen LogP contribution >= 0.6 is 0 Å². The maximum atomic E-state index is 13.5. The summed E-state index contributed by atoms with van der Waals surface area (Å²) in [6.07, 6.45) is 0.924. The van der Waals surface area contributed by atoms with Gasteiger partial charge in [-0.05, 0) is 58.0 Å². The minimum atomic E-state index is -0.472. The lowest BCUT2D eigenvalue weighted by Crippen LogP contribution is -2.40. The molecule has 1 saturated heterocycles. The lowest BCUT2D eigenvalue weighted by atomic mass is 9.93. The Bertz CT molecular complexity index is 556. The lowest BCUT2D eigenvalue weighted by molar-refractivity contribution is -0.135. The third kappa shape index (κ3) is 4.32. The highest BCUT2D eigenvalue weighted by molar-refractivity contribution is 5.83. The zero-order chi connectivity index (χ0) is 17.9. The third-order valence-electron chi connectivity index (χ3n) is 4.91. The summed E-state index contributed by atoms with van der Waals surface area (Å²) in [5.74, 6) is 0.151. The molecule has 2 N–H and O–H groups in total. The molecule has 1 fully saturated rings. The van der Waals surface area contributed by atoms with E-state index in [4.69, 9.17) is 0 Å². The molecule has 1 heterocycles. The predicted octanol–water partition coefficient (Wildman–Crippen LogP) is 1.78. The van der Waals surface area contributed by atoms with Crippen molar-refractivity contribution >= 4 is 5.91 Å². The van der Waals surface area contributed by atoms with Gasteiger partial charge in [-0.25, -0.2) is 4.39 Å². The summed E-state index contributed by atoms with van der Waals surface area (Å²) in [5.41, 5.74) is 7.17. The standard InChI is InChI=1S/C18H29FN4O/c1-12-16(13(2)21-20-12)9-10-23(5)18(24)17(22(3)4)14-7-6-8-15(19)11-14/h6-8,11-13,16-17,20-21H,9-10H2,1-5H3. The van der Waals surface area contributed by atoms with E-state index in [1.807, 2.05) is 26.0 Å². The first-order chi connectivity index (χ1) is 11.3. The van der Waals surface area contributed by atoms with Crippen LogP contribution < -0.4 is 10.9 Å². The van der Waals surface area contributed by atoms with E-state index >= 15 is 0 Å². The number of hydrazine groups is 1. The van der Waals surface area contributed by atoms with Crippen molar-refractivity contribution in [3.63, 3.8) is 0 Å². The van der Waals surface area contributed by atoms with Gasteiger partial charge in [0.15, 0.2) is 0 Å². The highest BCUT2D eigenvalue weighted by atomic mass is 19.1. The molecule has 0 aromatic heterocycles. The number of carbonyl (C=O) groups is 1. The minimum Gasteiger partial charge on any atom is -0.344 e.